The monoisotopic (exact) mass is 1100 g/mol. The van der Waals surface area contributed by atoms with Crippen LogP contribution < -0.4 is 5.32 Å². The summed E-state index contributed by atoms with van der Waals surface area (Å²) in [5, 5.41) is 87.5. The van der Waals surface area contributed by atoms with Gasteiger partial charge in [0.1, 0.15) is 48.8 Å². The number of hydrogen-bond donors (Lipinski definition) is 9. The average Bonchev–Trinajstić information content (AvgIpc) is 3.44. The first kappa shape index (κ1) is 72.1. The molecule has 2 rings (SSSR count). The van der Waals surface area contributed by atoms with E-state index in [1.54, 1.807) is 0 Å². The number of hydrogen-bond acceptors (Lipinski definition) is 13. The Kier molecular flexibility index (Phi) is 46.4. The van der Waals surface area contributed by atoms with Gasteiger partial charge in [-0.2, -0.15) is 0 Å². The molecule has 12 atom stereocenters. The summed E-state index contributed by atoms with van der Waals surface area (Å²) in [6, 6.07) is -0.823. The van der Waals surface area contributed by atoms with Crippen molar-refractivity contribution >= 4 is 5.91 Å². The average molecular weight is 1100 g/mol. The summed E-state index contributed by atoms with van der Waals surface area (Å²) in [5.74, 6) is -0.199. The topological polar surface area (TPSA) is 228 Å². The van der Waals surface area contributed by atoms with Crippen LogP contribution in [-0.2, 0) is 23.7 Å². The van der Waals surface area contributed by atoms with Crippen LogP contribution >= 0.6 is 0 Å². The van der Waals surface area contributed by atoms with Crippen LogP contribution in [0.15, 0.2) is 0 Å². The molecule has 14 nitrogen and oxygen atoms in total. The number of unbranched alkanes of at least 4 members (excludes halogenated alkanes) is 41. The van der Waals surface area contributed by atoms with Gasteiger partial charge in [-0.25, -0.2) is 0 Å². The van der Waals surface area contributed by atoms with Gasteiger partial charge < -0.3 is 65.1 Å². The molecule has 0 aromatic rings. The summed E-state index contributed by atoms with van der Waals surface area (Å²) in [5.41, 5.74) is 0. The molecule has 0 aromatic heterocycles. The van der Waals surface area contributed by atoms with Crippen molar-refractivity contribution in [2.45, 2.75) is 376 Å². The second kappa shape index (κ2) is 49.6. The van der Waals surface area contributed by atoms with E-state index >= 15 is 0 Å². The minimum atomic E-state index is -1.78. The molecule has 0 bridgehead atoms. The zero-order valence-electron chi connectivity index (χ0n) is 49.5. The SMILES string of the molecule is CCCCCCCCCCCCCCCCCCCCCCCCCCC(O)C(COC1OC(CO)C(OC2OC(CO)C(O)C(O)C2O)C(O)C1O)NC(=O)CCCCCCCCCCCCCCCCCCCCC. The third-order valence-corrected chi connectivity index (χ3v) is 16.6. The van der Waals surface area contributed by atoms with E-state index in [0.717, 1.165) is 51.4 Å². The maximum Gasteiger partial charge on any atom is 0.220 e. The van der Waals surface area contributed by atoms with Crippen LogP contribution in [0.3, 0.4) is 0 Å². The van der Waals surface area contributed by atoms with Gasteiger partial charge in [0.15, 0.2) is 12.6 Å². The van der Waals surface area contributed by atoms with Gasteiger partial charge in [-0.15, -0.1) is 0 Å². The summed E-state index contributed by atoms with van der Waals surface area (Å²) in [4.78, 5) is 13.3. The Morgan fingerprint density at radius 3 is 1.10 bits per heavy atom. The van der Waals surface area contributed by atoms with Gasteiger partial charge in [-0.1, -0.05) is 284 Å². The van der Waals surface area contributed by atoms with Crippen molar-refractivity contribution in [2.75, 3.05) is 19.8 Å². The fourth-order valence-corrected chi connectivity index (χ4v) is 11.3. The second-order valence-corrected chi connectivity index (χ2v) is 23.6. The molecule has 2 aliphatic rings. The third kappa shape index (κ3) is 34.9. The Morgan fingerprint density at radius 1 is 0.416 bits per heavy atom. The molecule has 2 heterocycles. The quantitative estimate of drug-likeness (QED) is 0.0259. The van der Waals surface area contributed by atoms with E-state index in [2.05, 4.69) is 19.2 Å². The lowest BCUT2D eigenvalue weighted by atomic mass is 9.97. The molecular weight excluding hydrogens is 979 g/mol. The lowest BCUT2D eigenvalue weighted by molar-refractivity contribution is -0.359. The molecule has 77 heavy (non-hydrogen) atoms. The van der Waals surface area contributed by atoms with Crippen molar-refractivity contribution in [1.82, 2.24) is 5.32 Å². The highest BCUT2D eigenvalue weighted by Crippen LogP contribution is 2.30. The fraction of sp³-hybridized carbons (Fsp3) is 0.984. The number of aliphatic hydroxyl groups is 8. The highest BCUT2D eigenvalue weighted by molar-refractivity contribution is 5.76. The number of carbonyl (C=O) groups is 1. The first-order valence-corrected chi connectivity index (χ1v) is 32.8. The smallest absolute Gasteiger partial charge is 0.220 e. The highest BCUT2D eigenvalue weighted by atomic mass is 16.7. The van der Waals surface area contributed by atoms with Crippen LogP contribution in [0, 0.1) is 0 Å². The normalized spacial score (nSPS) is 24.6. The Morgan fingerprint density at radius 2 is 0.740 bits per heavy atom. The molecule has 1 amide bonds. The minimum Gasteiger partial charge on any atom is -0.394 e. The van der Waals surface area contributed by atoms with Crippen molar-refractivity contribution in [3.8, 4) is 0 Å². The van der Waals surface area contributed by atoms with Crippen LogP contribution in [0.5, 0.6) is 0 Å². The largest absolute Gasteiger partial charge is 0.394 e. The first-order chi connectivity index (χ1) is 37.6. The summed E-state index contributed by atoms with van der Waals surface area (Å²) in [7, 11) is 0. The predicted octanol–water partition coefficient (Wildman–Crippen LogP) is 12.1. The Balaban J connectivity index is 1.70. The van der Waals surface area contributed by atoms with Gasteiger partial charge in [0.25, 0.3) is 0 Å². The number of nitrogens with one attached hydrogen (secondary N) is 1. The van der Waals surface area contributed by atoms with Crippen LogP contribution in [0.4, 0.5) is 0 Å². The molecule has 0 radical (unpaired) electrons. The molecule has 12 unspecified atom stereocenters. The fourth-order valence-electron chi connectivity index (χ4n) is 11.3. The van der Waals surface area contributed by atoms with Crippen LogP contribution in [0.2, 0.25) is 0 Å². The zero-order chi connectivity index (χ0) is 56.0. The van der Waals surface area contributed by atoms with Gasteiger partial charge >= 0.3 is 0 Å². The second-order valence-electron chi connectivity index (χ2n) is 23.6. The van der Waals surface area contributed by atoms with Gasteiger partial charge in [-0.05, 0) is 12.8 Å². The number of amides is 1. The van der Waals surface area contributed by atoms with Crippen LogP contribution in [-0.4, -0.2) is 140 Å². The molecule has 2 saturated heterocycles. The first-order valence-electron chi connectivity index (χ1n) is 32.8. The van der Waals surface area contributed by atoms with E-state index in [-0.39, 0.29) is 12.5 Å². The molecular formula is C63H123NO13. The van der Waals surface area contributed by atoms with Crippen molar-refractivity contribution < 1.29 is 64.6 Å². The third-order valence-electron chi connectivity index (χ3n) is 16.6. The molecule has 0 aromatic carbocycles. The number of carbonyl (C=O) groups excluding carboxylic acids is 1. The summed E-state index contributed by atoms with van der Waals surface area (Å²) < 4.78 is 22.9. The van der Waals surface area contributed by atoms with E-state index in [9.17, 15) is 45.6 Å². The zero-order valence-corrected chi connectivity index (χ0v) is 49.5. The molecule has 2 fully saturated rings. The number of rotatable bonds is 54. The Hall–Kier alpha value is -1.01. The summed E-state index contributed by atoms with van der Waals surface area (Å²) >= 11 is 0. The number of ether oxygens (including phenoxy) is 4. The van der Waals surface area contributed by atoms with Gasteiger partial charge in [-0.3, -0.25) is 4.79 Å². The van der Waals surface area contributed by atoms with E-state index in [0.29, 0.717) is 12.8 Å². The standard InChI is InChI=1S/C63H123NO13/c1-3-5-7-9-11-13-15-17-19-21-23-24-25-26-27-29-30-32-34-36-38-40-42-44-46-52(67)51(64-55(68)47-45-43-41-39-37-35-33-31-28-22-20-18-16-14-12-10-8-6-4-2)50-74-62-60(73)58(71)61(54(49-66)76-62)77-63-59(72)57(70)56(69)53(48-65)75-63/h51-54,56-63,65-67,69-73H,3-50H2,1-2H3,(H,64,68). The molecule has 9 N–H and O–H groups in total. The van der Waals surface area contributed by atoms with E-state index in [4.69, 9.17) is 18.9 Å². The predicted molar refractivity (Wildman–Crippen MR) is 309 cm³/mol. The molecule has 0 aliphatic carbocycles. The van der Waals surface area contributed by atoms with Crippen molar-refractivity contribution in [3.63, 3.8) is 0 Å². The summed E-state index contributed by atoms with van der Waals surface area (Å²) in [6.07, 6.45) is 39.6. The van der Waals surface area contributed by atoms with Gasteiger partial charge in [0.05, 0.1) is 32.0 Å². The minimum absolute atomic E-state index is 0.199. The number of aliphatic hydroxyl groups excluding tert-OH is 8. The highest BCUT2D eigenvalue weighted by Gasteiger charge is 2.51. The molecule has 2 aliphatic heterocycles. The van der Waals surface area contributed by atoms with Crippen LogP contribution in [0.1, 0.15) is 303 Å². The lowest BCUT2D eigenvalue weighted by Crippen LogP contribution is -2.65. The van der Waals surface area contributed by atoms with Crippen molar-refractivity contribution in [2.24, 2.45) is 0 Å². The van der Waals surface area contributed by atoms with E-state index in [1.165, 1.54) is 225 Å². The van der Waals surface area contributed by atoms with Crippen molar-refractivity contribution in [3.05, 3.63) is 0 Å². The van der Waals surface area contributed by atoms with Crippen LogP contribution in [0.25, 0.3) is 0 Å². The molecule has 14 heteroatoms. The molecule has 0 spiro atoms. The molecule has 0 saturated carbocycles. The Labute approximate surface area is 470 Å². The molecule has 458 valence electrons. The van der Waals surface area contributed by atoms with E-state index in [1.807, 2.05) is 0 Å². The van der Waals surface area contributed by atoms with E-state index < -0.39 is 86.8 Å². The summed E-state index contributed by atoms with van der Waals surface area (Å²) in [6.45, 7) is 2.92. The van der Waals surface area contributed by atoms with Crippen molar-refractivity contribution in [1.29, 1.82) is 0 Å². The maximum absolute atomic E-state index is 13.3. The lowest BCUT2D eigenvalue weighted by Gasteiger charge is -2.46. The Bertz CT molecular complexity index is 1300. The van der Waals surface area contributed by atoms with Gasteiger partial charge in [0.2, 0.25) is 5.91 Å². The van der Waals surface area contributed by atoms with Gasteiger partial charge in [0, 0.05) is 6.42 Å². The maximum atomic E-state index is 13.3.